The van der Waals surface area contributed by atoms with E-state index in [-0.39, 0.29) is 12.1 Å². The number of esters is 1. The lowest BCUT2D eigenvalue weighted by molar-refractivity contribution is -0.150. The van der Waals surface area contributed by atoms with Crippen molar-refractivity contribution in [1.82, 2.24) is 5.32 Å². The molecule has 0 radical (unpaired) electrons. The molecule has 0 spiro atoms. The van der Waals surface area contributed by atoms with E-state index in [4.69, 9.17) is 9.47 Å². The first kappa shape index (κ1) is 12.4. The van der Waals surface area contributed by atoms with E-state index >= 15 is 0 Å². The Bertz CT molecular complexity index is 312. The summed E-state index contributed by atoms with van der Waals surface area (Å²) in [6, 6.07) is 0.706. The highest BCUT2D eigenvalue weighted by Crippen LogP contribution is 2.36. The number of rotatable bonds is 3. The van der Waals surface area contributed by atoms with Gasteiger partial charge < -0.3 is 14.8 Å². The van der Waals surface area contributed by atoms with Gasteiger partial charge in [-0.1, -0.05) is 0 Å². The Morgan fingerprint density at radius 3 is 2.39 bits per heavy atom. The van der Waals surface area contributed by atoms with Crippen molar-refractivity contribution in [2.45, 2.75) is 69.8 Å². The first-order valence-electron chi connectivity index (χ1n) is 7.27. The minimum atomic E-state index is -0.154. The van der Waals surface area contributed by atoms with E-state index in [1.165, 1.54) is 19.8 Å². The van der Waals surface area contributed by atoms with E-state index in [9.17, 15) is 4.79 Å². The van der Waals surface area contributed by atoms with Crippen molar-refractivity contribution in [3.05, 3.63) is 0 Å². The van der Waals surface area contributed by atoms with Gasteiger partial charge in [0.1, 0.15) is 6.10 Å². The molecule has 0 aromatic rings. The van der Waals surface area contributed by atoms with E-state index in [2.05, 4.69) is 5.32 Å². The predicted octanol–water partition coefficient (Wildman–Crippen LogP) is 1.63. The molecule has 4 heteroatoms. The largest absolute Gasteiger partial charge is 0.463 e. The van der Waals surface area contributed by atoms with Gasteiger partial charge in [0.25, 0.3) is 0 Å². The molecule has 102 valence electrons. The van der Waals surface area contributed by atoms with Crippen LogP contribution in [-0.2, 0) is 14.3 Å². The van der Waals surface area contributed by atoms with Crippen molar-refractivity contribution >= 4 is 5.97 Å². The topological polar surface area (TPSA) is 47.6 Å². The third-order valence-electron chi connectivity index (χ3n) is 4.62. The molecular formula is C14H23NO3. The van der Waals surface area contributed by atoms with Gasteiger partial charge >= 0.3 is 5.97 Å². The summed E-state index contributed by atoms with van der Waals surface area (Å²) in [6.45, 7) is 2.63. The molecule has 2 aliphatic carbocycles. The number of carbonyl (C=O) groups is 1. The van der Waals surface area contributed by atoms with Crippen LogP contribution in [0.25, 0.3) is 0 Å². The van der Waals surface area contributed by atoms with Crippen molar-refractivity contribution in [3.8, 4) is 0 Å². The SMILES string of the molecule is CC(=O)OC1CCC(OC2CC3CC2CN3)CC1. The van der Waals surface area contributed by atoms with Crippen LogP contribution >= 0.6 is 0 Å². The lowest BCUT2D eigenvalue weighted by atomic mass is 9.94. The molecule has 4 nitrogen and oxygen atoms in total. The lowest BCUT2D eigenvalue weighted by Gasteiger charge is -2.32. The number of ether oxygens (including phenoxy) is 2. The average Bonchev–Trinajstić information content (AvgIpc) is 2.93. The normalized spacial score (nSPS) is 43.1. The highest BCUT2D eigenvalue weighted by Gasteiger charge is 2.41. The van der Waals surface area contributed by atoms with Gasteiger partial charge in [0, 0.05) is 19.5 Å². The number of carbonyl (C=O) groups excluding carboxylic acids is 1. The molecule has 1 saturated heterocycles. The molecule has 18 heavy (non-hydrogen) atoms. The van der Waals surface area contributed by atoms with Gasteiger partial charge in [0.05, 0.1) is 12.2 Å². The third kappa shape index (κ3) is 2.69. The van der Waals surface area contributed by atoms with Crippen LogP contribution in [0.2, 0.25) is 0 Å². The molecule has 0 amide bonds. The van der Waals surface area contributed by atoms with Crippen LogP contribution in [0.15, 0.2) is 0 Å². The number of fused-ring (bicyclic) bond motifs is 2. The van der Waals surface area contributed by atoms with Crippen LogP contribution in [0.3, 0.4) is 0 Å². The fourth-order valence-electron chi connectivity index (χ4n) is 3.72. The second-order valence-electron chi connectivity index (χ2n) is 6.02. The van der Waals surface area contributed by atoms with Crippen LogP contribution < -0.4 is 5.32 Å². The molecule has 3 atom stereocenters. The van der Waals surface area contributed by atoms with Crippen LogP contribution in [0.4, 0.5) is 0 Å². The summed E-state index contributed by atoms with van der Waals surface area (Å²) in [4.78, 5) is 10.9. The molecule has 2 bridgehead atoms. The maximum Gasteiger partial charge on any atom is 0.302 e. The highest BCUT2D eigenvalue weighted by molar-refractivity contribution is 5.66. The third-order valence-corrected chi connectivity index (χ3v) is 4.62. The first-order valence-corrected chi connectivity index (χ1v) is 7.27. The van der Waals surface area contributed by atoms with Crippen molar-refractivity contribution < 1.29 is 14.3 Å². The molecule has 1 aliphatic heterocycles. The lowest BCUT2D eigenvalue weighted by Crippen LogP contribution is -2.38. The fourth-order valence-corrected chi connectivity index (χ4v) is 3.72. The summed E-state index contributed by atoms with van der Waals surface area (Å²) < 4.78 is 11.5. The molecule has 0 aromatic carbocycles. The smallest absolute Gasteiger partial charge is 0.302 e. The second-order valence-corrected chi connectivity index (χ2v) is 6.02. The van der Waals surface area contributed by atoms with Gasteiger partial charge in [-0.3, -0.25) is 4.79 Å². The summed E-state index contributed by atoms with van der Waals surface area (Å²) in [5.41, 5.74) is 0. The van der Waals surface area contributed by atoms with Crippen molar-refractivity contribution in [3.63, 3.8) is 0 Å². The summed E-state index contributed by atoms with van der Waals surface area (Å²) >= 11 is 0. The Morgan fingerprint density at radius 2 is 1.83 bits per heavy atom. The Labute approximate surface area is 108 Å². The molecule has 2 saturated carbocycles. The van der Waals surface area contributed by atoms with Gasteiger partial charge in [0.15, 0.2) is 0 Å². The van der Waals surface area contributed by atoms with E-state index in [0.29, 0.717) is 18.2 Å². The summed E-state index contributed by atoms with van der Waals surface area (Å²) in [6.07, 6.45) is 7.49. The van der Waals surface area contributed by atoms with Gasteiger partial charge in [-0.2, -0.15) is 0 Å². The number of hydrogen-bond acceptors (Lipinski definition) is 4. The van der Waals surface area contributed by atoms with Crippen LogP contribution in [0.5, 0.6) is 0 Å². The van der Waals surface area contributed by atoms with E-state index in [0.717, 1.165) is 38.1 Å². The van der Waals surface area contributed by atoms with Crippen LogP contribution in [0.1, 0.15) is 45.4 Å². The minimum absolute atomic E-state index is 0.129. The monoisotopic (exact) mass is 253 g/mol. The molecule has 3 unspecified atom stereocenters. The molecular weight excluding hydrogens is 230 g/mol. The Kier molecular flexibility index (Phi) is 3.57. The molecule has 0 aromatic heterocycles. The van der Waals surface area contributed by atoms with E-state index < -0.39 is 0 Å². The number of piperidine rings is 1. The molecule has 1 heterocycles. The van der Waals surface area contributed by atoms with Crippen LogP contribution in [0, 0.1) is 5.92 Å². The number of hydrogen-bond donors (Lipinski definition) is 1. The zero-order valence-corrected chi connectivity index (χ0v) is 11.1. The van der Waals surface area contributed by atoms with Gasteiger partial charge in [0.2, 0.25) is 0 Å². The zero-order valence-electron chi connectivity index (χ0n) is 11.1. The Balaban J connectivity index is 1.42. The fraction of sp³-hybridized carbons (Fsp3) is 0.929. The Morgan fingerprint density at radius 1 is 1.11 bits per heavy atom. The van der Waals surface area contributed by atoms with Gasteiger partial charge in [-0.25, -0.2) is 0 Å². The Hall–Kier alpha value is -0.610. The number of nitrogens with one attached hydrogen (secondary N) is 1. The van der Waals surface area contributed by atoms with Gasteiger partial charge in [-0.05, 0) is 44.4 Å². The maximum absolute atomic E-state index is 10.9. The maximum atomic E-state index is 10.9. The second kappa shape index (κ2) is 5.17. The van der Waals surface area contributed by atoms with Crippen molar-refractivity contribution in [1.29, 1.82) is 0 Å². The highest BCUT2D eigenvalue weighted by atomic mass is 16.5. The molecule has 3 aliphatic rings. The minimum Gasteiger partial charge on any atom is -0.463 e. The quantitative estimate of drug-likeness (QED) is 0.777. The predicted molar refractivity (Wildman–Crippen MR) is 67.2 cm³/mol. The average molecular weight is 253 g/mol. The standard InChI is InChI=1S/C14H23NO3/c1-9(16)17-12-2-4-13(5-3-12)18-14-7-11-6-10(14)8-15-11/h10-15H,2-8H2,1H3. The molecule has 3 fully saturated rings. The van der Waals surface area contributed by atoms with Gasteiger partial charge in [-0.15, -0.1) is 0 Å². The summed E-state index contributed by atoms with van der Waals surface area (Å²) in [5, 5.41) is 3.51. The van der Waals surface area contributed by atoms with Crippen LogP contribution in [-0.4, -0.2) is 36.9 Å². The summed E-state index contributed by atoms with van der Waals surface area (Å²) in [5.74, 6) is 0.583. The summed E-state index contributed by atoms with van der Waals surface area (Å²) in [7, 11) is 0. The first-order chi connectivity index (χ1) is 8.70. The van der Waals surface area contributed by atoms with E-state index in [1.807, 2.05) is 0 Å². The van der Waals surface area contributed by atoms with Crippen molar-refractivity contribution in [2.24, 2.45) is 5.92 Å². The molecule has 1 N–H and O–H groups in total. The zero-order chi connectivity index (χ0) is 12.5. The van der Waals surface area contributed by atoms with E-state index in [1.54, 1.807) is 0 Å². The molecule has 3 rings (SSSR count). The van der Waals surface area contributed by atoms with Crippen molar-refractivity contribution in [2.75, 3.05) is 6.54 Å².